The number of methoxy groups -OCH3 is 1. The summed E-state index contributed by atoms with van der Waals surface area (Å²) in [5, 5.41) is 9.51. The highest BCUT2D eigenvalue weighted by atomic mass is 16.5. The monoisotopic (exact) mass is 215 g/mol. The van der Waals surface area contributed by atoms with Gasteiger partial charge in [0, 0.05) is 32.5 Å². The van der Waals surface area contributed by atoms with E-state index in [2.05, 4.69) is 0 Å². The van der Waals surface area contributed by atoms with Gasteiger partial charge in [0.05, 0.1) is 12.7 Å². The number of likely N-dealkylation sites (N-methyl/N-ethyl adjacent to an activating group) is 1. The zero-order valence-corrected chi connectivity index (χ0v) is 9.61. The summed E-state index contributed by atoms with van der Waals surface area (Å²) in [4.78, 5) is 13.4. The molecular weight excluding hydrogens is 194 g/mol. The van der Waals surface area contributed by atoms with Crippen LogP contribution in [0.2, 0.25) is 0 Å². The Hall–Kier alpha value is -0.450. The van der Waals surface area contributed by atoms with E-state index in [0.29, 0.717) is 18.9 Å². The molecule has 2 unspecified atom stereocenters. The van der Waals surface area contributed by atoms with Crippen molar-refractivity contribution in [2.45, 2.75) is 25.4 Å². The quantitative estimate of drug-likeness (QED) is 0.692. The van der Waals surface area contributed by atoms with Crippen molar-refractivity contribution in [2.75, 3.05) is 33.9 Å². The summed E-state index contributed by atoms with van der Waals surface area (Å²) < 4.78 is 4.85. The molecule has 0 heterocycles. The van der Waals surface area contributed by atoms with Gasteiger partial charge in [0.1, 0.15) is 5.78 Å². The first-order chi connectivity index (χ1) is 7.13. The number of rotatable bonds is 6. The summed E-state index contributed by atoms with van der Waals surface area (Å²) in [5.74, 6) is 0.563. The Kier molecular flexibility index (Phi) is 5.22. The van der Waals surface area contributed by atoms with Crippen molar-refractivity contribution in [3.05, 3.63) is 0 Å². The van der Waals surface area contributed by atoms with E-state index in [4.69, 9.17) is 4.74 Å². The Morgan fingerprint density at radius 2 is 2.40 bits per heavy atom. The van der Waals surface area contributed by atoms with E-state index in [0.717, 1.165) is 25.8 Å². The van der Waals surface area contributed by atoms with Crippen LogP contribution in [-0.4, -0.2) is 55.7 Å². The van der Waals surface area contributed by atoms with Gasteiger partial charge in [-0.2, -0.15) is 0 Å². The predicted molar refractivity (Wildman–Crippen MR) is 57.7 cm³/mol. The Balaban J connectivity index is 2.22. The van der Waals surface area contributed by atoms with Crippen molar-refractivity contribution in [1.29, 1.82) is 0 Å². The molecule has 0 bridgehead atoms. The second-order valence-electron chi connectivity index (χ2n) is 4.39. The van der Waals surface area contributed by atoms with Gasteiger partial charge in [0.15, 0.2) is 0 Å². The molecule has 1 aliphatic carbocycles. The molecule has 0 aromatic heterocycles. The van der Waals surface area contributed by atoms with Gasteiger partial charge in [-0.15, -0.1) is 0 Å². The number of nitrogens with zero attached hydrogens (tertiary/aromatic N) is 1. The maximum absolute atomic E-state index is 11.4. The van der Waals surface area contributed by atoms with Crippen LogP contribution in [0.25, 0.3) is 0 Å². The van der Waals surface area contributed by atoms with Gasteiger partial charge in [-0.05, 0) is 19.9 Å². The molecule has 0 aromatic rings. The van der Waals surface area contributed by atoms with Crippen LogP contribution in [0.5, 0.6) is 0 Å². The first-order valence-corrected chi connectivity index (χ1v) is 5.51. The maximum Gasteiger partial charge on any atom is 0.137 e. The minimum absolute atomic E-state index is 0.185. The van der Waals surface area contributed by atoms with Crippen molar-refractivity contribution in [2.24, 2.45) is 5.92 Å². The zero-order valence-electron chi connectivity index (χ0n) is 9.61. The average molecular weight is 215 g/mol. The fourth-order valence-electron chi connectivity index (χ4n) is 2.14. The Morgan fingerprint density at radius 3 is 2.93 bits per heavy atom. The molecule has 0 aliphatic heterocycles. The first-order valence-electron chi connectivity index (χ1n) is 5.51. The normalized spacial score (nSPS) is 23.7. The third-order valence-electron chi connectivity index (χ3n) is 2.84. The molecule has 1 fully saturated rings. The van der Waals surface area contributed by atoms with Gasteiger partial charge in [-0.3, -0.25) is 4.79 Å². The van der Waals surface area contributed by atoms with Gasteiger partial charge in [0.2, 0.25) is 0 Å². The topological polar surface area (TPSA) is 49.8 Å². The Morgan fingerprint density at radius 1 is 1.67 bits per heavy atom. The summed E-state index contributed by atoms with van der Waals surface area (Å²) >= 11 is 0. The van der Waals surface area contributed by atoms with Crippen LogP contribution in [0, 0.1) is 5.92 Å². The summed E-state index contributed by atoms with van der Waals surface area (Å²) in [6, 6.07) is 0. The van der Waals surface area contributed by atoms with Crippen LogP contribution in [0.4, 0.5) is 0 Å². The van der Waals surface area contributed by atoms with E-state index in [9.17, 15) is 9.90 Å². The first kappa shape index (κ1) is 12.6. The van der Waals surface area contributed by atoms with Crippen LogP contribution in [0.3, 0.4) is 0 Å². The summed E-state index contributed by atoms with van der Waals surface area (Å²) in [7, 11) is 3.51. The number of aliphatic hydroxyl groups excluding tert-OH is 1. The lowest BCUT2D eigenvalue weighted by Gasteiger charge is -2.22. The molecule has 2 atom stereocenters. The van der Waals surface area contributed by atoms with E-state index in [1.165, 1.54) is 0 Å². The molecule has 4 nitrogen and oxygen atoms in total. The fraction of sp³-hybridized carbons (Fsp3) is 0.909. The number of hydrogen-bond acceptors (Lipinski definition) is 4. The highest BCUT2D eigenvalue weighted by Gasteiger charge is 2.25. The molecular formula is C11H21NO3. The zero-order chi connectivity index (χ0) is 11.3. The summed E-state index contributed by atoms with van der Waals surface area (Å²) in [5.41, 5.74) is 0. The van der Waals surface area contributed by atoms with E-state index in [-0.39, 0.29) is 5.92 Å². The highest BCUT2D eigenvalue weighted by Crippen LogP contribution is 2.21. The van der Waals surface area contributed by atoms with Gasteiger partial charge >= 0.3 is 0 Å². The second kappa shape index (κ2) is 6.20. The van der Waals surface area contributed by atoms with Crippen molar-refractivity contribution in [3.63, 3.8) is 0 Å². The molecule has 1 N–H and O–H groups in total. The molecule has 1 aliphatic rings. The van der Waals surface area contributed by atoms with E-state index in [1.54, 1.807) is 7.11 Å². The molecule has 15 heavy (non-hydrogen) atoms. The lowest BCUT2D eigenvalue weighted by molar-refractivity contribution is -0.121. The number of ketones is 1. The van der Waals surface area contributed by atoms with Gasteiger partial charge in [-0.25, -0.2) is 0 Å². The van der Waals surface area contributed by atoms with Crippen LogP contribution in [0.15, 0.2) is 0 Å². The standard InChI is InChI=1S/C11H21NO3/c1-12(7-10(13)8-15-2)6-9-4-3-5-11(9)14/h9-10,13H,3-8H2,1-2H3. The molecule has 0 spiro atoms. The minimum Gasteiger partial charge on any atom is -0.389 e. The fourth-order valence-corrected chi connectivity index (χ4v) is 2.14. The lowest BCUT2D eigenvalue weighted by atomic mass is 10.1. The van der Waals surface area contributed by atoms with E-state index in [1.807, 2.05) is 11.9 Å². The molecule has 0 aromatic carbocycles. The SMILES string of the molecule is COCC(O)CN(C)CC1CCCC1=O. The Bertz CT molecular complexity index is 208. The third-order valence-corrected chi connectivity index (χ3v) is 2.84. The molecule has 88 valence electrons. The maximum atomic E-state index is 11.4. The summed E-state index contributed by atoms with van der Waals surface area (Å²) in [6.07, 6.45) is 2.30. The van der Waals surface area contributed by atoms with Gasteiger partial charge < -0.3 is 14.7 Å². The van der Waals surface area contributed by atoms with Crippen molar-refractivity contribution < 1.29 is 14.6 Å². The molecule has 1 rings (SSSR count). The largest absolute Gasteiger partial charge is 0.389 e. The van der Waals surface area contributed by atoms with Crippen molar-refractivity contribution in [3.8, 4) is 0 Å². The van der Waals surface area contributed by atoms with Crippen LogP contribution in [-0.2, 0) is 9.53 Å². The Labute approximate surface area is 91.2 Å². The highest BCUT2D eigenvalue weighted by molar-refractivity contribution is 5.83. The van der Waals surface area contributed by atoms with Crippen molar-refractivity contribution >= 4 is 5.78 Å². The molecule has 0 saturated heterocycles. The smallest absolute Gasteiger partial charge is 0.137 e. The molecule has 0 radical (unpaired) electrons. The lowest BCUT2D eigenvalue weighted by Crippen LogP contribution is -2.36. The van der Waals surface area contributed by atoms with Crippen LogP contribution < -0.4 is 0 Å². The average Bonchev–Trinajstić information content (AvgIpc) is 2.52. The van der Waals surface area contributed by atoms with E-state index < -0.39 is 6.10 Å². The number of carbonyl (C=O) groups is 1. The van der Waals surface area contributed by atoms with Gasteiger partial charge in [-0.1, -0.05) is 0 Å². The van der Waals surface area contributed by atoms with Crippen molar-refractivity contribution in [1.82, 2.24) is 4.90 Å². The number of hydrogen-bond donors (Lipinski definition) is 1. The second-order valence-corrected chi connectivity index (χ2v) is 4.39. The molecule has 0 amide bonds. The molecule has 4 heteroatoms. The number of Topliss-reactive ketones (excluding diaryl/α,β-unsaturated/α-hetero) is 1. The van der Waals surface area contributed by atoms with Crippen LogP contribution >= 0.6 is 0 Å². The third kappa shape index (κ3) is 4.28. The number of carbonyl (C=O) groups excluding carboxylic acids is 1. The number of ether oxygens (including phenoxy) is 1. The summed E-state index contributed by atoms with van der Waals surface area (Å²) in [6.45, 7) is 1.68. The van der Waals surface area contributed by atoms with E-state index >= 15 is 0 Å². The number of aliphatic hydroxyl groups is 1. The van der Waals surface area contributed by atoms with Crippen LogP contribution in [0.1, 0.15) is 19.3 Å². The predicted octanol–water partition coefficient (Wildman–Crippen LogP) is 0.295. The molecule has 1 saturated carbocycles. The van der Waals surface area contributed by atoms with Gasteiger partial charge in [0.25, 0.3) is 0 Å². The minimum atomic E-state index is -0.462.